The van der Waals surface area contributed by atoms with Gasteiger partial charge in [0, 0.05) is 24.0 Å². The molecule has 108 valence electrons. The van der Waals surface area contributed by atoms with Crippen LogP contribution in [0.4, 0.5) is 0 Å². The average Bonchev–Trinajstić information content (AvgIpc) is 2.45. The van der Waals surface area contributed by atoms with E-state index in [1.807, 2.05) is 30.3 Å². The number of nitrogens with zero attached hydrogens (tertiary/aromatic N) is 1. The number of hydrogen-bond donors (Lipinski definition) is 1. The third-order valence-electron chi connectivity index (χ3n) is 2.98. The summed E-state index contributed by atoms with van der Waals surface area (Å²) >= 11 is 5.50. The third kappa shape index (κ3) is 4.16. The monoisotopic (exact) mass is 312 g/mol. The van der Waals surface area contributed by atoms with Gasteiger partial charge in [-0.3, -0.25) is 4.98 Å². The van der Waals surface area contributed by atoms with Crippen LogP contribution in [0.3, 0.4) is 0 Å². The van der Waals surface area contributed by atoms with E-state index in [2.05, 4.69) is 9.71 Å². The first-order valence-electron chi connectivity index (χ1n) is 6.48. The van der Waals surface area contributed by atoms with Crippen molar-refractivity contribution < 1.29 is 8.42 Å². The molecule has 2 rings (SSSR count). The highest BCUT2D eigenvalue weighted by molar-refractivity contribution is 7.89. The molecule has 0 fully saturated rings. The van der Waals surface area contributed by atoms with Crippen LogP contribution in [-0.2, 0) is 16.4 Å². The van der Waals surface area contributed by atoms with Crippen molar-refractivity contribution in [2.75, 3.05) is 18.2 Å². The average molecular weight is 313 g/mol. The normalized spacial score (nSPS) is 11.8. The second kappa shape index (κ2) is 7.02. The molecule has 0 spiro atoms. The van der Waals surface area contributed by atoms with E-state index >= 15 is 0 Å². The van der Waals surface area contributed by atoms with Crippen LogP contribution < -0.4 is 4.72 Å². The Balaban J connectivity index is 2.00. The van der Waals surface area contributed by atoms with E-state index in [0.29, 0.717) is 25.3 Å². The lowest BCUT2D eigenvalue weighted by atomic mass is 10.1. The van der Waals surface area contributed by atoms with E-state index in [9.17, 15) is 8.42 Å². The molecule has 0 bridgehead atoms. The van der Waals surface area contributed by atoms with Gasteiger partial charge in [-0.1, -0.05) is 24.3 Å². The van der Waals surface area contributed by atoms with Gasteiger partial charge in [-0.05, 0) is 24.5 Å². The summed E-state index contributed by atoms with van der Waals surface area (Å²) in [7, 11) is -3.22. The Morgan fingerprint density at radius 2 is 2.00 bits per heavy atom. The van der Waals surface area contributed by atoms with Gasteiger partial charge in [0.15, 0.2) is 0 Å². The minimum absolute atomic E-state index is 0.0737. The van der Waals surface area contributed by atoms with Gasteiger partial charge in [0.2, 0.25) is 10.0 Å². The van der Waals surface area contributed by atoms with Gasteiger partial charge < -0.3 is 0 Å². The fraction of sp³-hybridized carbons (Fsp3) is 0.357. The largest absolute Gasteiger partial charge is 0.256 e. The predicted molar refractivity (Wildman–Crippen MR) is 82.6 cm³/mol. The summed E-state index contributed by atoms with van der Waals surface area (Å²) in [5.41, 5.74) is 1.97. The highest BCUT2D eigenvalue weighted by Crippen LogP contribution is 2.16. The Morgan fingerprint density at radius 1 is 1.20 bits per heavy atom. The Kier molecular flexibility index (Phi) is 5.34. The van der Waals surface area contributed by atoms with Crippen LogP contribution in [0.5, 0.6) is 0 Å². The number of rotatable bonds is 7. The summed E-state index contributed by atoms with van der Waals surface area (Å²) in [6.07, 6.45) is 2.83. The summed E-state index contributed by atoms with van der Waals surface area (Å²) in [6.45, 7) is 0.375. The number of fused-ring (bicyclic) bond motifs is 1. The van der Waals surface area contributed by atoms with Crippen LogP contribution >= 0.6 is 11.6 Å². The number of para-hydroxylation sites is 1. The number of benzene rings is 1. The van der Waals surface area contributed by atoms with E-state index in [-0.39, 0.29) is 5.75 Å². The topological polar surface area (TPSA) is 59.1 Å². The van der Waals surface area contributed by atoms with Gasteiger partial charge >= 0.3 is 0 Å². The fourth-order valence-corrected chi connectivity index (χ4v) is 3.40. The molecular weight excluding hydrogens is 296 g/mol. The summed E-state index contributed by atoms with van der Waals surface area (Å²) in [5.74, 6) is 0.429. The van der Waals surface area contributed by atoms with Crippen LogP contribution in [0, 0.1) is 0 Å². The molecule has 0 aliphatic carbocycles. The summed E-state index contributed by atoms with van der Waals surface area (Å²) in [4.78, 5) is 4.35. The highest BCUT2D eigenvalue weighted by atomic mass is 35.5. The van der Waals surface area contributed by atoms with Gasteiger partial charge in [-0.25, -0.2) is 13.1 Å². The van der Waals surface area contributed by atoms with E-state index in [1.165, 1.54) is 0 Å². The maximum Gasteiger partial charge on any atom is 0.211 e. The molecule has 0 radical (unpaired) electrons. The Hall–Kier alpha value is -1.17. The summed E-state index contributed by atoms with van der Waals surface area (Å²) in [5, 5.41) is 1.06. The number of pyridine rings is 1. The van der Waals surface area contributed by atoms with Crippen molar-refractivity contribution in [3.63, 3.8) is 0 Å². The zero-order valence-corrected chi connectivity index (χ0v) is 12.6. The van der Waals surface area contributed by atoms with Crippen molar-refractivity contribution in [2.24, 2.45) is 0 Å². The van der Waals surface area contributed by atoms with E-state index < -0.39 is 10.0 Å². The van der Waals surface area contributed by atoms with Crippen molar-refractivity contribution in [2.45, 2.75) is 12.8 Å². The number of alkyl halides is 1. The Morgan fingerprint density at radius 3 is 2.80 bits per heavy atom. The molecule has 20 heavy (non-hydrogen) atoms. The third-order valence-corrected chi connectivity index (χ3v) is 4.72. The van der Waals surface area contributed by atoms with E-state index in [1.54, 1.807) is 6.20 Å². The Bertz CT molecular complexity index is 668. The quantitative estimate of drug-likeness (QED) is 0.798. The van der Waals surface area contributed by atoms with Crippen molar-refractivity contribution >= 4 is 32.5 Å². The zero-order chi connectivity index (χ0) is 14.4. The molecule has 2 aromatic rings. The number of hydrogen-bond acceptors (Lipinski definition) is 3. The number of sulfonamides is 1. The molecule has 4 nitrogen and oxygen atoms in total. The molecule has 0 amide bonds. The van der Waals surface area contributed by atoms with Gasteiger partial charge in [0.25, 0.3) is 0 Å². The molecule has 0 aliphatic heterocycles. The Labute approximate surface area is 124 Å². The van der Waals surface area contributed by atoms with Gasteiger partial charge in [-0.2, -0.15) is 0 Å². The van der Waals surface area contributed by atoms with Crippen molar-refractivity contribution in [1.29, 1.82) is 0 Å². The lowest BCUT2D eigenvalue weighted by molar-refractivity contribution is 0.580. The van der Waals surface area contributed by atoms with Crippen LogP contribution in [0.2, 0.25) is 0 Å². The molecule has 1 heterocycles. The highest BCUT2D eigenvalue weighted by Gasteiger charge is 2.09. The van der Waals surface area contributed by atoms with E-state index in [4.69, 9.17) is 11.6 Å². The molecule has 1 aromatic carbocycles. The summed E-state index contributed by atoms with van der Waals surface area (Å²) < 4.78 is 25.9. The molecule has 0 saturated heterocycles. The second-order valence-corrected chi connectivity index (χ2v) is 6.80. The number of aromatic nitrogens is 1. The maximum absolute atomic E-state index is 11.7. The smallest absolute Gasteiger partial charge is 0.211 e. The van der Waals surface area contributed by atoms with Crippen LogP contribution in [0.25, 0.3) is 10.9 Å². The second-order valence-electron chi connectivity index (χ2n) is 4.50. The standard InChI is InChI=1S/C14H17ClN2O2S/c15-8-3-11-20(18,19)17-10-7-13-5-1-4-12-6-2-9-16-14(12)13/h1-2,4-6,9,17H,3,7-8,10-11H2. The van der Waals surface area contributed by atoms with Crippen molar-refractivity contribution in [1.82, 2.24) is 9.71 Å². The molecular formula is C14H17ClN2O2S. The fourth-order valence-electron chi connectivity index (χ4n) is 2.03. The molecule has 1 aromatic heterocycles. The molecule has 6 heteroatoms. The van der Waals surface area contributed by atoms with E-state index in [0.717, 1.165) is 16.5 Å². The lowest BCUT2D eigenvalue weighted by Gasteiger charge is -2.07. The molecule has 1 N–H and O–H groups in total. The molecule has 0 unspecified atom stereocenters. The molecule has 0 aliphatic rings. The minimum Gasteiger partial charge on any atom is -0.256 e. The molecule has 0 atom stereocenters. The first-order valence-corrected chi connectivity index (χ1v) is 8.67. The van der Waals surface area contributed by atoms with Crippen molar-refractivity contribution in [3.8, 4) is 0 Å². The number of halogens is 1. The van der Waals surface area contributed by atoms with Crippen LogP contribution in [0.15, 0.2) is 36.5 Å². The van der Waals surface area contributed by atoms with Crippen LogP contribution in [0.1, 0.15) is 12.0 Å². The molecule has 0 saturated carbocycles. The summed E-state index contributed by atoms with van der Waals surface area (Å²) in [6, 6.07) is 9.82. The lowest BCUT2D eigenvalue weighted by Crippen LogP contribution is -2.28. The van der Waals surface area contributed by atoms with Crippen LogP contribution in [-0.4, -0.2) is 31.6 Å². The predicted octanol–water partition coefficient (Wildman–Crippen LogP) is 2.33. The SMILES string of the molecule is O=S(=O)(CCCCl)NCCc1cccc2cccnc12. The van der Waals surface area contributed by atoms with Gasteiger partial charge in [-0.15, -0.1) is 11.6 Å². The minimum atomic E-state index is -3.22. The first kappa shape index (κ1) is 15.2. The van der Waals surface area contributed by atoms with Gasteiger partial charge in [0.05, 0.1) is 11.3 Å². The maximum atomic E-state index is 11.7. The van der Waals surface area contributed by atoms with Crippen molar-refractivity contribution in [3.05, 3.63) is 42.1 Å². The number of nitrogens with one attached hydrogen (secondary N) is 1. The first-order chi connectivity index (χ1) is 9.62. The zero-order valence-electron chi connectivity index (χ0n) is 11.0. The van der Waals surface area contributed by atoms with Gasteiger partial charge in [0.1, 0.15) is 0 Å².